The molecule has 0 bridgehead atoms. The van der Waals surface area contributed by atoms with Crippen molar-refractivity contribution in [1.82, 2.24) is 0 Å². The zero-order valence-corrected chi connectivity index (χ0v) is 10.6. The van der Waals surface area contributed by atoms with Gasteiger partial charge >= 0.3 is 0 Å². The van der Waals surface area contributed by atoms with Crippen LogP contribution in [0.4, 0.5) is 5.69 Å². The van der Waals surface area contributed by atoms with Crippen molar-refractivity contribution in [2.45, 2.75) is 6.10 Å². The van der Waals surface area contributed by atoms with E-state index in [0.29, 0.717) is 16.8 Å². The molecule has 5 nitrogen and oxygen atoms in total. The zero-order chi connectivity index (χ0) is 14.5. The first-order valence-corrected chi connectivity index (χ1v) is 6.01. The van der Waals surface area contributed by atoms with Crippen LogP contribution in [0, 0.1) is 0 Å². The van der Waals surface area contributed by atoms with Crippen LogP contribution in [0.15, 0.2) is 54.6 Å². The number of anilines is 1. The standard InChI is InChI=1S/C15H14N2O3/c16-14(19)11-6-8-12(9-7-11)17-15(20)13(18)10-4-2-1-3-5-10/h1-9,13,18H,(H2,16,19)(H,17,20). The summed E-state index contributed by atoms with van der Waals surface area (Å²) in [4.78, 5) is 22.8. The minimum atomic E-state index is -1.24. The Morgan fingerprint density at radius 3 is 2.15 bits per heavy atom. The van der Waals surface area contributed by atoms with Crippen LogP contribution in [0.5, 0.6) is 0 Å². The molecule has 0 aliphatic rings. The Morgan fingerprint density at radius 2 is 1.60 bits per heavy atom. The topological polar surface area (TPSA) is 92.4 Å². The van der Waals surface area contributed by atoms with Gasteiger partial charge in [0, 0.05) is 11.3 Å². The summed E-state index contributed by atoms with van der Waals surface area (Å²) in [5.74, 6) is -1.07. The van der Waals surface area contributed by atoms with Crippen LogP contribution in [-0.4, -0.2) is 16.9 Å². The summed E-state index contributed by atoms with van der Waals surface area (Å²) in [6, 6.07) is 14.7. The highest BCUT2D eigenvalue weighted by atomic mass is 16.3. The Hall–Kier alpha value is -2.66. The van der Waals surface area contributed by atoms with Crippen LogP contribution in [0.25, 0.3) is 0 Å². The van der Waals surface area contributed by atoms with Crippen molar-refractivity contribution in [2.75, 3.05) is 5.32 Å². The van der Waals surface area contributed by atoms with E-state index >= 15 is 0 Å². The van der Waals surface area contributed by atoms with Crippen LogP contribution in [0.3, 0.4) is 0 Å². The number of carbonyl (C=O) groups excluding carboxylic acids is 2. The predicted octanol–water partition coefficient (Wildman–Crippen LogP) is 1.46. The number of aliphatic hydroxyl groups excluding tert-OH is 1. The maximum atomic E-state index is 11.9. The second kappa shape index (κ2) is 5.99. The molecule has 2 rings (SSSR count). The SMILES string of the molecule is NC(=O)c1ccc(NC(=O)C(O)c2ccccc2)cc1. The third-order valence-corrected chi connectivity index (χ3v) is 2.80. The van der Waals surface area contributed by atoms with E-state index in [1.807, 2.05) is 0 Å². The minimum Gasteiger partial charge on any atom is -0.378 e. The smallest absolute Gasteiger partial charge is 0.257 e. The van der Waals surface area contributed by atoms with E-state index in [1.54, 1.807) is 42.5 Å². The quantitative estimate of drug-likeness (QED) is 0.785. The summed E-state index contributed by atoms with van der Waals surface area (Å²) >= 11 is 0. The van der Waals surface area contributed by atoms with Gasteiger partial charge in [-0.25, -0.2) is 0 Å². The number of amides is 2. The molecule has 4 N–H and O–H groups in total. The Balaban J connectivity index is 2.06. The molecule has 2 amide bonds. The highest BCUT2D eigenvalue weighted by molar-refractivity contribution is 5.96. The number of nitrogens with two attached hydrogens (primary N) is 1. The average molecular weight is 270 g/mol. The first kappa shape index (κ1) is 13.8. The first-order chi connectivity index (χ1) is 9.58. The Kier molecular flexibility index (Phi) is 4.12. The summed E-state index contributed by atoms with van der Waals surface area (Å²) in [6.07, 6.45) is -1.24. The number of nitrogens with one attached hydrogen (secondary N) is 1. The fraction of sp³-hybridized carbons (Fsp3) is 0.0667. The fourth-order valence-corrected chi connectivity index (χ4v) is 1.72. The van der Waals surface area contributed by atoms with Crippen molar-refractivity contribution in [3.05, 3.63) is 65.7 Å². The molecule has 0 saturated heterocycles. The van der Waals surface area contributed by atoms with Gasteiger partial charge in [-0.1, -0.05) is 30.3 Å². The molecule has 0 radical (unpaired) electrons. The van der Waals surface area contributed by atoms with Crippen molar-refractivity contribution >= 4 is 17.5 Å². The van der Waals surface area contributed by atoms with Gasteiger partial charge in [0.1, 0.15) is 0 Å². The van der Waals surface area contributed by atoms with Gasteiger partial charge in [-0.3, -0.25) is 9.59 Å². The number of hydrogen-bond donors (Lipinski definition) is 3. The van der Waals surface area contributed by atoms with E-state index in [0.717, 1.165) is 0 Å². The molecular formula is C15H14N2O3. The van der Waals surface area contributed by atoms with E-state index in [1.165, 1.54) is 12.1 Å². The number of carbonyl (C=O) groups is 2. The number of hydrogen-bond acceptors (Lipinski definition) is 3. The van der Waals surface area contributed by atoms with Gasteiger partial charge in [0.2, 0.25) is 5.91 Å². The summed E-state index contributed by atoms with van der Waals surface area (Å²) in [7, 11) is 0. The van der Waals surface area contributed by atoms with Crippen LogP contribution < -0.4 is 11.1 Å². The molecule has 1 unspecified atom stereocenters. The van der Waals surface area contributed by atoms with Crippen molar-refractivity contribution in [3.8, 4) is 0 Å². The van der Waals surface area contributed by atoms with E-state index < -0.39 is 17.9 Å². The molecule has 0 aromatic heterocycles. The molecule has 0 fully saturated rings. The first-order valence-electron chi connectivity index (χ1n) is 6.01. The normalized spacial score (nSPS) is 11.7. The maximum Gasteiger partial charge on any atom is 0.257 e. The third-order valence-electron chi connectivity index (χ3n) is 2.80. The van der Waals surface area contributed by atoms with Gasteiger partial charge in [-0.05, 0) is 29.8 Å². The zero-order valence-electron chi connectivity index (χ0n) is 10.6. The van der Waals surface area contributed by atoms with Gasteiger partial charge < -0.3 is 16.2 Å². The lowest BCUT2D eigenvalue weighted by Gasteiger charge is -2.11. The third kappa shape index (κ3) is 3.21. The molecule has 0 heterocycles. The summed E-state index contributed by atoms with van der Waals surface area (Å²) < 4.78 is 0. The van der Waals surface area contributed by atoms with Crippen molar-refractivity contribution in [3.63, 3.8) is 0 Å². The summed E-state index contributed by atoms with van der Waals surface area (Å²) in [5.41, 5.74) is 6.47. The largest absolute Gasteiger partial charge is 0.378 e. The Labute approximate surface area is 116 Å². The molecule has 2 aromatic carbocycles. The summed E-state index contributed by atoms with van der Waals surface area (Å²) in [6.45, 7) is 0. The Bertz CT molecular complexity index is 609. The number of rotatable bonds is 4. The monoisotopic (exact) mass is 270 g/mol. The lowest BCUT2D eigenvalue weighted by atomic mass is 10.1. The van der Waals surface area contributed by atoms with E-state index in [4.69, 9.17) is 5.73 Å². The van der Waals surface area contributed by atoms with Crippen molar-refractivity contribution in [1.29, 1.82) is 0 Å². The van der Waals surface area contributed by atoms with Gasteiger partial charge in [-0.2, -0.15) is 0 Å². The van der Waals surface area contributed by atoms with Gasteiger partial charge in [0.05, 0.1) is 0 Å². The minimum absolute atomic E-state index is 0.353. The van der Waals surface area contributed by atoms with Crippen LogP contribution in [0.1, 0.15) is 22.0 Å². The van der Waals surface area contributed by atoms with E-state index in [9.17, 15) is 14.7 Å². The number of aliphatic hydroxyl groups is 1. The molecule has 0 aliphatic heterocycles. The summed E-state index contributed by atoms with van der Waals surface area (Å²) in [5, 5.41) is 12.5. The highest BCUT2D eigenvalue weighted by Crippen LogP contribution is 2.16. The maximum absolute atomic E-state index is 11.9. The molecule has 1 atom stereocenters. The molecule has 102 valence electrons. The Morgan fingerprint density at radius 1 is 1.00 bits per heavy atom. The lowest BCUT2D eigenvalue weighted by Crippen LogP contribution is -2.20. The average Bonchev–Trinajstić information content (AvgIpc) is 2.48. The molecule has 2 aromatic rings. The molecular weight excluding hydrogens is 256 g/mol. The number of benzene rings is 2. The highest BCUT2D eigenvalue weighted by Gasteiger charge is 2.16. The molecule has 0 aliphatic carbocycles. The van der Waals surface area contributed by atoms with Gasteiger partial charge in [0.15, 0.2) is 6.10 Å². The van der Waals surface area contributed by atoms with E-state index in [2.05, 4.69) is 5.32 Å². The van der Waals surface area contributed by atoms with Crippen molar-refractivity contribution in [2.24, 2.45) is 5.73 Å². The van der Waals surface area contributed by atoms with Gasteiger partial charge in [0.25, 0.3) is 5.91 Å². The number of primary amides is 1. The van der Waals surface area contributed by atoms with Gasteiger partial charge in [-0.15, -0.1) is 0 Å². The van der Waals surface area contributed by atoms with Crippen LogP contribution >= 0.6 is 0 Å². The second-order valence-corrected chi connectivity index (χ2v) is 4.24. The molecule has 0 spiro atoms. The van der Waals surface area contributed by atoms with Crippen LogP contribution in [-0.2, 0) is 4.79 Å². The van der Waals surface area contributed by atoms with E-state index in [-0.39, 0.29) is 0 Å². The second-order valence-electron chi connectivity index (χ2n) is 4.24. The molecule has 20 heavy (non-hydrogen) atoms. The predicted molar refractivity (Wildman–Crippen MR) is 75.0 cm³/mol. The van der Waals surface area contributed by atoms with Crippen molar-refractivity contribution < 1.29 is 14.7 Å². The lowest BCUT2D eigenvalue weighted by molar-refractivity contribution is -0.124. The molecule has 0 saturated carbocycles. The molecule has 5 heteroatoms. The fourth-order valence-electron chi connectivity index (χ4n) is 1.72. The van der Waals surface area contributed by atoms with Crippen LogP contribution in [0.2, 0.25) is 0 Å².